The van der Waals surface area contributed by atoms with Gasteiger partial charge < -0.3 is 0 Å². The fraction of sp³-hybridized carbons (Fsp3) is 0.111. The van der Waals surface area contributed by atoms with Crippen LogP contribution in [-0.4, -0.2) is 12.2 Å². The van der Waals surface area contributed by atoms with Crippen molar-refractivity contribution in [2.24, 2.45) is 9.98 Å². The normalized spacial score (nSPS) is 8.64. The Balaban J connectivity index is 3.25. The minimum Gasteiger partial charge on any atom is -0.211 e. The molecule has 0 bridgehead atoms. The van der Waals surface area contributed by atoms with Crippen molar-refractivity contribution in [1.29, 1.82) is 0 Å². The molecule has 0 amide bonds. The van der Waals surface area contributed by atoms with E-state index in [1.807, 2.05) is 0 Å². The summed E-state index contributed by atoms with van der Waals surface area (Å²) >= 11 is 5.59. The Kier molecular flexibility index (Phi) is 3.77. The molecule has 0 radical (unpaired) electrons. The largest absolute Gasteiger partial charge is 0.240 e. The Hall–Kier alpha value is -1.73. The van der Waals surface area contributed by atoms with E-state index >= 15 is 0 Å². The highest BCUT2D eigenvalue weighted by Gasteiger charge is 1.98. The van der Waals surface area contributed by atoms with Gasteiger partial charge in [0.15, 0.2) is 0 Å². The van der Waals surface area contributed by atoms with Crippen molar-refractivity contribution in [3.63, 3.8) is 0 Å². The van der Waals surface area contributed by atoms with Crippen LogP contribution in [0.3, 0.4) is 0 Å². The predicted octanol–water partition coefficient (Wildman–Crippen LogP) is 2.36. The van der Waals surface area contributed by atoms with E-state index in [1.54, 1.807) is 12.1 Å². The molecule has 1 aromatic rings. The molecule has 14 heavy (non-hydrogen) atoms. The smallest absolute Gasteiger partial charge is 0.211 e. The third-order valence-electron chi connectivity index (χ3n) is 1.47. The van der Waals surface area contributed by atoms with Gasteiger partial charge in [0.05, 0.1) is 11.4 Å². The van der Waals surface area contributed by atoms with Crippen molar-refractivity contribution in [2.45, 2.75) is 5.88 Å². The molecule has 1 aromatic carbocycles. The number of hydrogen-bond acceptors (Lipinski definition) is 4. The van der Waals surface area contributed by atoms with Crippen LogP contribution < -0.4 is 0 Å². The summed E-state index contributed by atoms with van der Waals surface area (Å²) in [6.07, 6.45) is 2.79. The Morgan fingerprint density at radius 2 is 1.57 bits per heavy atom. The molecule has 0 heterocycles. The van der Waals surface area contributed by atoms with Crippen LogP contribution >= 0.6 is 11.6 Å². The average Bonchev–Trinajstić information content (AvgIpc) is 2.18. The Bertz CT molecular complexity index is 396. The summed E-state index contributed by atoms with van der Waals surface area (Å²) in [5.74, 6) is 0.254. The summed E-state index contributed by atoms with van der Waals surface area (Å²) in [6.45, 7) is 0. The topological polar surface area (TPSA) is 58.9 Å². The van der Waals surface area contributed by atoms with Gasteiger partial charge in [-0.15, -0.1) is 11.6 Å². The SMILES string of the molecule is O=C=Nc1cc(CCl)cc(N=C=O)c1. The van der Waals surface area contributed by atoms with Gasteiger partial charge in [-0.25, -0.2) is 9.59 Å². The van der Waals surface area contributed by atoms with Gasteiger partial charge >= 0.3 is 0 Å². The number of hydrogen-bond donors (Lipinski definition) is 0. The molecule has 0 saturated heterocycles. The fourth-order valence-electron chi connectivity index (χ4n) is 0.968. The lowest BCUT2D eigenvalue weighted by Crippen LogP contribution is -1.77. The number of alkyl halides is 1. The summed E-state index contributed by atoms with van der Waals surface area (Å²) in [5, 5.41) is 0. The summed E-state index contributed by atoms with van der Waals surface area (Å²) in [7, 11) is 0. The molecule has 4 nitrogen and oxygen atoms in total. The summed E-state index contributed by atoms with van der Waals surface area (Å²) in [5.41, 5.74) is 1.46. The zero-order valence-corrected chi connectivity index (χ0v) is 7.78. The second kappa shape index (κ2) is 5.10. The Morgan fingerprint density at radius 1 is 1.07 bits per heavy atom. The lowest BCUT2D eigenvalue weighted by Gasteiger charge is -1.98. The zero-order valence-electron chi connectivity index (χ0n) is 7.03. The second-order valence-corrected chi connectivity index (χ2v) is 2.66. The van der Waals surface area contributed by atoms with Crippen molar-refractivity contribution < 1.29 is 9.59 Å². The Morgan fingerprint density at radius 3 is 1.93 bits per heavy atom. The van der Waals surface area contributed by atoms with Crippen molar-refractivity contribution in [1.82, 2.24) is 0 Å². The van der Waals surface area contributed by atoms with Crippen molar-refractivity contribution in [3.05, 3.63) is 23.8 Å². The van der Waals surface area contributed by atoms with Gasteiger partial charge in [-0.05, 0) is 23.8 Å². The summed E-state index contributed by atoms with van der Waals surface area (Å²) in [4.78, 5) is 26.8. The lowest BCUT2D eigenvalue weighted by molar-refractivity contribution is 0.565. The molecule has 5 heteroatoms. The first-order valence-corrected chi connectivity index (χ1v) is 4.19. The van der Waals surface area contributed by atoms with Gasteiger partial charge in [0.1, 0.15) is 0 Å². The molecule has 0 spiro atoms. The summed E-state index contributed by atoms with van der Waals surface area (Å²) < 4.78 is 0. The van der Waals surface area contributed by atoms with Gasteiger partial charge in [-0.2, -0.15) is 9.98 Å². The van der Waals surface area contributed by atoms with Gasteiger partial charge in [0.2, 0.25) is 12.2 Å². The molecule has 70 valence electrons. The maximum Gasteiger partial charge on any atom is 0.240 e. The highest BCUT2D eigenvalue weighted by Crippen LogP contribution is 2.23. The van der Waals surface area contributed by atoms with Crippen molar-refractivity contribution in [2.75, 3.05) is 0 Å². The maximum atomic E-state index is 10.0. The molecular formula is C9H5ClN2O2. The molecule has 0 saturated carbocycles. The van der Waals surface area contributed by atoms with Gasteiger partial charge in [-0.3, -0.25) is 0 Å². The molecular weight excluding hydrogens is 204 g/mol. The fourth-order valence-corrected chi connectivity index (χ4v) is 1.12. The zero-order chi connectivity index (χ0) is 10.4. The molecule has 0 aromatic heterocycles. The van der Waals surface area contributed by atoms with Gasteiger partial charge in [0.25, 0.3) is 0 Å². The van der Waals surface area contributed by atoms with E-state index < -0.39 is 0 Å². The number of carbonyl (C=O) groups excluding carboxylic acids is 2. The van der Waals surface area contributed by atoms with Crippen LogP contribution in [0.15, 0.2) is 28.2 Å². The molecule has 0 atom stereocenters. The molecule has 1 rings (SSSR count). The molecule has 0 fully saturated rings. The molecule has 0 aliphatic heterocycles. The van der Waals surface area contributed by atoms with Crippen LogP contribution in [0.4, 0.5) is 11.4 Å². The van der Waals surface area contributed by atoms with E-state index in [4.69, 9.17) is 11.6 Å². The maximum absolute atomic E-state index is 10.0. The number of benzene rings is 1. The minimum absolute atomic E-state index is 0.254. The summed E-state index contributed by atoms with van der Waals surface area (Å²) in [6, 6.07) is 4.69. The van der Waals surface area contributed by atoms with Crippen molar-refractivity contribution in [3.8, 4) is 0 Å². The van der Waals surface area contributed by atoms with Crippen molar-refractivity contribution >= 4 is 35.1 Å². The van der Waals surface area contributed by atoms with Crippen LogP contribution in [0.25, 0.3) is 0 Å². The number of rotatable bonds is 3. The molecule has 0 unspecified atom stereocenters. The molecule has 0 aliphatic carbocycles. The first-order valence-electron chi connectivity index (χ1n) is 3.66. The van der Waals surface area contributed by atoms with Gasteiger partial charge in [-0.1, -0.05) is 0 Å². The van der Waals surface area contributed by atoms with E-state index in [0.29, 0.717) is 11.4 Å². The molecule has 0 N–H and O–H groups in total. The van der Waals surface area contributed by atoms with Crippen LogP contribution in [0.1, 0.15) is 5.56 Å². The van der Waals surface area contributed by atoms with Crippen LogP contribution in [0.2, 0.25) is 0 Å². The highest BCUT2D eigenvalue weighted by molar-refractivity contribution is 6.17. The number of aliphatic imine (C=N–C) groups is 2. The van der Waals surface area contributed by atoms with E-state index in [2.05, 4.69) is 9.98 Å². The third-order valence-corrected chi connectivity index (χ3v) is 1.77. The van der Waals surface area contributed by atoms with E-state index in [9.17, 15) is 9.59 Å². The first-order chi connectivity index (χ1) is 6.80. The molecule has 0 aliphatic rings. The van der Waals surface area contributed by atoms with E-state index in [-0.39, 0.29) is 5.88 Å². The van der Waals surface area contributed by atoms with E-state index in [1.165, 1.54) is 18.2 Å². The number of nitrogens with zero attached hydrogens (tertiary/aromatic N) is 2. The monoisotopic (exact) mass is 208 g/mol. The lowest BCUT2D eigenvalue weighted by atomic mass is 10.2. The third kappa shape index (κ3) is 2.64. The predicted molar refractivity (Wildman–Crippen MR) is 51.6 cm³/mol. The standard InChI is InChI=1S/C9H5ClN2O2/c10-4-7-1-8(11-5-13)3-9(2-7)12-6-14/h1-3H,4H2. The van der Waals surface area contributed by atoms with Crippen LogP contribution in [-0.2, 0) is 15.5 Å². The number of halogens is 1. The number of isocyanates is 2. The van der Waals surface area contributed by atoms with Crippen LogP contribution in [0, 0.1) is 0 Å². The second-order valence-electron chi connectivity index (χ2n) is 2.40. The quantitative estimate of drug-likeness (QED) is 0.435. The minimum atomic E-state index is 0.254. The Labute approximate surface area is 84.9 Å². The first kappa shape index (κ1) is 10.4. The van der Waals surface area contributed by atoms with Gasteiger partial charge in [0, 0.05) is 5.88 Å². The highest BCUT2D eigenvalue weighted by atomic mass is 35.5. The van der Waals surface area contributed by atoms with Crippen LogP contribution in [0.5, 0.6) is 0 Å². The van der Waals surface area contributed by atoms with E-state index in [0.717, 1.165) is 5.56 Å². The average molecular weight is 209 g/mol.